The highest BCUT2D eigenvalue weighted by Gasteiger charge is 2.40. The zero-order valence-corrected chi connectivity index (χ0v) is 8.59. The van der Waals surface area contributed by atoms with Crippen LogP contribution in [0.25, 0.3) is 0 Å². The molecule has 12 heavy (non-hydrogen) atoms. The number of fused-ring (bicyclic) bond motifs is 3. The summed E-state index contributed by atoms with van der Waals surface area (Å²) in [5.41, 5.74) is 0. The largest absolute Gasteiger partial charge is 0.300 e. The Morgan fingerprint density at radius 2 is 1.67 bits per heavy atom. The lowest BCUT2D eigenvalue weighted by Gasteiger charge is -2.51. The molecule has 0 aromatic heterocycles. The summed E-state index contributed by atoms with van der Waals surface area (Å²) in [5.74, 6) is 1.86. The number of rotatable bonds is 1. The predicted molar refractivity (Wildman–Crippen MR) is 52.1 cm³/mol. The fourth-order valence-corrected chi connectivity index (χ4v) is 3.44. The quantitative estimate of drug-likeness (QED) is 0.580. The van der Waals surface area contributed by atoms with Crippen molar-refractivity contribution in [3.8, 4) is 0 Å². The summed E-state index contributed by atoms with van der Waals surface area (Å²) in [6, 6.07) is 1.81. The summed E-state index contributed by atoms with van der Waals surface area (Å²) < 4.78 is 0. The van der Waals surface area contributed by atoms with Crippen molar-refractivity contribution >= 4 is 0 Å². The topological polar surface area (TPSA) is 3.24 Å². The Balaban J connectivity index is 2.12. The average molecular weight is 167 g/mol. The van der Waals surface area contributed by atoms with Crippen molar-refractivity contribution in [2.24, 2.45) is 11.8 Å². The van der Waals surface area contributed by atoms with Gasteiger partial charge in [-0.25, -0.2) is 0 Å². The van der Waals surface area contributed by atoms with Crippen molar-refractivity contribution < 1.29 is 0 Å². The van der Waals surface area contributed by atoms with Crippen LogP contribution < -0.4 is 0 Å². The lowest BCUT2D eigenvalue weighted by Crippen LogP contribution is -2.55. The van der Waals surface area contributed by atoms with Crippen molar-refractivity contribution in [2.75, 3.05) is 7.05 Å². The minimum absolute atomic E-state index is 0.850. The van der Waals surface area contributed by atoms with Gasteiger partial charge in [-0.2, -0.15) is 0 Å². The van der Waals surface area contributed by atoms with Gasteiger partial charge in [0.1, 0.15) is 0 Å². The lowest BCUT2D eigenvalue weighted by molar-refractivity contribution is -0.0144. The second-order valence-corrected chi connectivity index (χ2v) is 4.97. The second-order valence-electron chi connectivity index (χ2n) is 4.97. The summed E-state index contributed by atoms with van der Waals surface area (Å²) in [5, 5.41) is 0. The Morgan fingerprint density at radius 3 is 2.00 bits per heavy atom. The van der Waals surface area contributed by atoms with Crippen molar-refractivity contribution in [2.45, 2.75) is 51.6 Å². The maximum absolute atomic E-state index is 2.66. The van der Waals surface area contributed by atoms with E-state index in [1.54, 1.807) is 0 Å². The molecule has 1 atom stereocenters. The van der Waals surface area contributed by atoms with E-state index in [2.05, 4.69) is 25.8 Å². The molecule has 1 heteroatoms. The highest BCUT2D eigenvalue weighted by Crippen LogP contribution is 2.41. The summed E-state index contributed by atoms with van der Waals surface area (Å²) in [4.78, 5) is 2.66. The van der Waals surface area contributed by atoms with E-state index in [0.29, 0.717) is 0 Å². The summed E-state index contributed by atoms with van der Waals surface area (Å²) in [7, 11) is 2.33. The first-order valence-corrected chi connectivity index (χ1v) is 5.42. The number of hydrogen-bond acceptors (Lipinski definition) is 1. The first kappa shape index (κ1) is 8.55. The van der Waals surface area contributed by atoms with Crippen LogP contribution in [0.5, 0.6) is 0 Å². The highest BCUT2D eigenvalue weighted by molar-refractivity contribution is 4.94. The molecule has 3 rings (SSSR count). The molecule has 0 aromatic rings. The van der Waals surface area contributed by atoms with Crippen molar-refractivity contribution in [3.05, 3.63) is 0 Å². The van der Waals surface area contributed by atoms with E-state index >= 15 is 0 Å². The number of hydrogen-bond donors (Lipinski definition) is 0. The molecule has 3 fully saturated rings. The van der Waals surface area contributed by atoms with Gasteiger partial charge in [0.15, 0.2) is 0 Å². The van der Waals surface area contributed by atoms with Crippen molar-refractivity contribution in [1.82, 2.24) is 4.90 Å². The van der Waals surface area contributed by atoms with Gasteiger partial charge < -0.3 is 0 Å². The third kappa shape index (κ3) is 1.19. The van der Waals surface area contributed by atoms with Gasteiger partial charge in [0, 0.05) is 12.1 Å². The lowest BCUT2D eigenvalue weighted by atomic mass is 9.71. The molecule has 0 radical (unpaired) electrons. The molecule has 0 amide bonds. The summed E-state index contributed by atoms with van der Waals surface area (Å²) >= 11 is 0. The second kappa shape index (κ2) is 3.02. The molecular weight excluding hydrogens is 146 g/mol. The Hall–Kier alpha value is -0.0400. The summed E-state index contributed by atoms with van der Waals surface area (Å²) in [6.45, 7) is 4.75. The van der Waals surface area contributed by atoms with Gasteiger partial charge in [-0.05, 0) is 44.6 Å². The fourth-order valence-electron chi connectivity index (χ4n) is 3.44. The van der Waals surface area contributed by atoms with Crippen LogP contribution >= 0.6 is 0 Å². The highest BCUT2D eigenvalue weighted by atomic mass is 15.2. The fraction of sp³-hybridized carbons (Fsp3) is 1.00. The van der Waals surface area contributed by atoms with Gasteiger partial charge in [0.2, 0.25) is 0 Å². The Labute approximate surface area is 76.1 Å². The molecule has 0 aromatic carbocycles. The van der Waals surface area contributed by atoms with Gasteiger partial charge in [-0.15, -0.1) is 0 Å². The molecule has 0 spiro atoms. The smallest absolute Gasteiger partial charge is 0.0146 e. The molecule has 2 saturated heterocycles. The predicted octanol–water partition coefficient (Wildman–Crippen LogP) is 2.52. The maximum atomic E-state index is 2.66. The molecule has 0 N–H and O–H groups in total. The van der Waals surface area contributed by atoms with Gasteiger partial charge in [0.25, 0.3) is 0 Å². The molecule has 1 saturated carbocycles. The van der Waals surface area contributed by atoms with Crippen LogP contribution in [0, 0.1) is 11.8 Å². The molecular formula is C11H21N. The van der Waals surface area contributed by atoms with E-state index in [1.807, 2.05) is 0 Å². The Morgan fingerprint density at radius 1 is 1.08 bits per heavy atom. The minimum atomic E-state index is 0.850. The van der Waals surface area contributed by atoms with E-state index in [1.165, 1.54) is 25.7 Å². The molecule has 2 heterocycles. The standard InChI is InChI=1S/C11H21N/c1-8(2)11-9-4-6-10(7-5-9)12(11)3/h8-11H,4-7H2,1-3H3/t9?,10?,11-/m1/s1. The Kier molecular flexibility index (Phi) is 2.16. The SMILES string of the molecule is CC(C)[C@@H]1C2CCC(CC2)N1C. The molecule has 2 bridgehead atoms. The number of piperidine rings is 2. The van der Waals surface area contributed by atoms with Crippen LogP contribution in [0.2, 0.25) is 0 Å². The van der Waals surface area contributed by atoms with Crippen LogP contribution in [0.1, 0.15) is 39.5 Å². The van der Waals surface area contributed by atoms with Gasteiger partial charge in [-0.1, -0.05) is 13.8 Å². The van der Waals surface area contributed by atoms with Crippen LogP contribution in [0.15, 0.2) is 0 Å². The van der Waals surface area contributed by atoms with Crippen molar-refractivity contribution in [3.63, 3.8) is 0 Å². The first-order valence-electron chi connectivity index (χ1n) is 5.42. The molecule has 70 valence electrons. The van der Waals surface area contributed by atoms with Crippen LogP contribution in [0.3, 0.4) is 0 Å². The molecule has 3 aliphatic rings. The van der Waals surface area contributed by atoms with Gasteiger partial charge in [0.05, 0.1) is 0 Å². The first-order chi connectivity index (χ1) is 5.70. The van der Waals surface area contributed by atoms with E-state index in [0.717, 1.165) is 23.9 Å². The molecule has 1 nitrogen and oxygen atoms in total. The molecule has 2 aliphatic heterocycles. The van der Waals surface area contributed by atoms with E-state index in [9.17, 15) is 0 Å². The van der Waals surface area contributed by atoms with Crippen LogP contribution in [0.4, 0.5) is 0 Å². The van der Waals surface area contributed by atoms with Crippen LogP contribution in [-0.4, -0.2) is 24.0 Å². The van der Waals surface area contributed by atoms with Gasteiger partial charge >= 0.3 is 0 Å². The third-order valence-corrected chi connectivity index (χ3v) is 3.95. The minimum Gasteiger partial charge on any atom is -0.300 e. The van der Waals surface area contributed by atoms with E-state index in [-0.39, 0.29) is 0 Å². The zero-order chi connectivity index (χ0) is 8.72. The Bertz CT molecular complexity index is 154. The van der Waals surface area contributed by atoms with Crippen LogP contribution in [-0.2, 0) is 0 Å². The molecule has 0 unspecified atom stereocenters. The average Bonchev–Trinajstić information content (AvgIpc) is 2.05. The molecule has 1 aliphatic carbocycles. The monoisotopic (exact) mass is 167 g/mol. The zero-order valence-electron chi connectivity index (χ0n) is 8.59. The van der Waals surface area contributed by atoms with E-state index < -0.39 is 0 Å². The van der Waals surface area contributed by atoms with Crippen molar-refractivity contribution in [1.29, 1.82) is 0 Å². The maximum Gasteiger partial charge on any atom is 0.0146 e. The third-order valence-electron chi connectivity index (χ3n) is 3.95. The summed E-state index contributed by atoms with van der Waals surface area (Å²) in [6.07, 6.45) is 5.92. The van der Waals surface area contributed by atoms with E-state index in [4.69, 9.17) is 0 Å². The number of nitrogens with zero attached hydrogens (tertiary/aromatic N) is 1. The van der Waals surface area contributed by atoms with Gasteiger partial charge in [-0.3, -0.25) is 4.90 Å². The normalized spacial score (nSPS) is 42.5.